The molecule has 0 saturated heterocycles. The van der Waals surface area contributed by atoms with Crippen LogP contribution in [0.5, 0.6) is 0 Å². The summed E-state index contributed by atoms with van der Waals surface area (Å²) in [6, 6.07) is 3.45. The molecule has 1 aromatic heterocycles. The first-order valence-electron chi connectivity index (χ1n) is 5.17. The molecule has 0 aliphatic carbocycles. The zero-order valence-electron chi connectivity index (χ0n) is 9.58. The van der Waals surface area contributed by atoms with Gasteiger partial charge < -0.3 is 9.52 Å². The van der Waals surface area contributed by atoms with E-state index >= 15 is 0 Å². The topological polar surface area (TPSA) is 62.5 Å². The summed E-state index contributed by atoms with van der Waals surface area (Å²) in [4.78, 5) is 11.3. The molecule has 0 saturated carbocycles. The fourth-order valence-corrected chi connectivity index (χ4v) is 1.72. The predicted octanol–water partition coefficient (Wildman–Crippen LogP) is 2.73. The summed E-state index contributed by atoms with van der Waals surface area (Å²) in [5.41, 5.74) is -1.19. The molecule has 90 valence electrons. The summed E-state index contributed by atoms with van der Waals surface area (Å²) >= 11 is 3.17. The Labute approximate surface area is 103 Å². The summed E-state index contributed by atoms with van der Waals surface area (Å²) in [6.07, 6.45) is 0.852. The minimum Gasteiger partial charge on any atom is -0.480 e. The lowest BCUT2D eigenvalue weighted by Gasteiger charge is -2.27. The van der Waals surface area contributed by atoms with Crippen molar-refractivity contribution < 1.29 is 14.3 Å². The van der Waals surface area contributed by atoms with Gasteiger partial charge in [-0.3, -0.25) is 5.32 Å². The van der Waals surface area contributed by atoms with E-state index < -0.39 is 11.5 Å². The number of nitrogens with one attached hydrogen (secondary N) is 1. The van der Waals surface area contributed by atoms with E-state index in [0.29, 0.717) is 10.4 Å². The van der Waals surface area contributed by atoms with Crippen LogP contribution >= 0.6 is 15.9 Å². The van der Waals surface area contributed by atoms with Gasteiger partial charge in [0.2, 0.25) is 0 Å². The van der Waals surface area contributed by atoms with E-state index in [1.165, 1.54) is 0 Å². The second kappa shape index (κ2) is 5.01. The van der Waals surface area contributed by atoms with E-state index in [1.807, 2.05) is 13.8 Å². The number of rotatable bonds is 5. The van der Waals surface area contributed by atoms with Gasteiger partial charge in [-0.2, -0.15) is 0 Å². The first-order valence-corrected chi connectivity index (χ1v) is 5.96. The molecule has 16 heavy (non-hydrogen) atoms. The molecule has 0 aromatic carbocycles. The van der Waals surface area contributed by atoms with Crippen LogP contribution < -0.4 is 5.32 Å². The second-order valence-electron chi connectivity index (χ2n) is 3.99. The maximum Gasteiger partial charge on any atom is 0.331 e. The van der Waals surface area contributed by atoms with Gasteiger partial charge in [0.1, 0.15) is 5.76 Å². The Hall–Kier alpha value is -0.810. The third kappa shape index (κ3) is 2.65. The molecule has 2 unspecified atom stereocenters. The third-order valence-electron chi connectivity index (χ3n) is 2.64. The van der Waals surface area contributed by atoms with Crippen molar-refractivity contribution in [2.24, 2.45) is 0 Å². The highest BCUT2D eigenvalue weighted by Gasteiger charge is 2.39. The Morgan fingerprint density at radius 2 is 2.31 bits per heavy atom. The maximum atomic E-state index is 11.3. The quantitative estimate of drug-likeness (QED) is 0.875. The summed E-state index contributed by atoms with van der Waals surface area (Å²) in [5.74, 6) is -0.554. The van der Waals surface area contributed by atoms with Gasteiger partial charge >= 0.3 is 5.97 Å². The van der Waals surface area contributed by atoms with Gasteiger partial charge in [-0.15, -0.1) is 0 Å². The zero-order valence-corrected chi connectivity index (χ0v) is 11.2. The second-order valence-corrected chi connectivity index (χ2v) is 4.77. The van der Waals surface area contributed by atoms with E-state index in [9.17, 15) is 9.90 Å². The van der Waals surface area contributed by atoms with Crippen LogP contribution in [0.15, 0.2) is 21.2 Å². The van der Waals surface area contributed by atoms with Crippen LogP contribution in [-0.4, -0.2) is 17.1 Å². The average molecular weight is 290 g/mol. The zero-order chi connectivity index (χ0) is 12.3. The Morgan fingerprint density at radius 3 is 2.69 bits per heavy atom. The highest BCUT2D eigenvalue weighted by Crippen LogP contribution is 2.26. The molecular formula is C11H16BrNO3. The minimum atomic E-state index is -1.19. The summed E-state index contributed by atoms with van der Waals surface area (Å²) < 4.78 is 5.86. The van der Waals surface area contributed by atoms with Gasteiger partial charge in [0.05, 0.1) is 0 Å². The van der Waals surface area contributed by atoms with E-state index in [0.717, 1.165) is 6.42 Å². The molecule has 0 aliphatic heterocycles. The largest absolute Gasteiger partial charge is 0.480 e. The van der Waals surface area contributed by atoms with Crippen molar-refractivity contribution in [3.63, 3.8) is 0 Å². The van der Waals surface area contributed by atoms with E-state index in [4.69, 9.17) is 4.42 Å². The van der Waals surface area contributed by atoms with Crippen LogP contribution in [0, 0.1) is 0 Å². The number of carboxylic acid groups (broad SMARTS) is 1. The van der Waals surface area contributed by atoms with Crippen molar-refractivity contribution in [3.8, 4) is 0 Å². The van der Waals surface area contributed by atoms with Crippen molar-refractivity contribution >= 4 is 21.9 Å². The summed E-state index contributed by atoms with van der Waals surface area (Å²) in [7, 11) is 0. The predicted molar refractivity (Wildman–Crippen MR) is 64.3 cm³/mol. The first kappa shape index (κ1) is 13.3. The van der Waals surface area contributed by atoms with E-state index in [-0.39, 0.29) is 6.04 Å². The highest BCUT2D eigenvalue weighted by atomic mass is 79.9. The van der Waals surface area contributed by atoms with Crippen LogP contribution in [0.4, 0.5) is 0 Å². The number of carbonyl (C=O) groups is 1. The molecule has 0 aliphatic rings. The van der Waals surface area contributed by atoms with Gasteiger partial charge in [-0.05, 0) is 48.3 Å². The Morgan fingerprint density at radius 1 is 1.69 bits per heavy atom. The number of halogens is 1. The number of aliphatic carboxylic acids is 1. The smallest absolute Gasteiger partial charge is 0.331 e. The molecule has 0 bridgehead atoms. The minimum absolute atomic E-state index is 0.102. The molecule has 2 N–H and O–H groups in total. The molecule has 2 atom stereocenters. The number of furan rings is 1. The van der Waals surface area contributed by atoms with Crippen molar-refractivity contribution in [2.45, 2.75) is 38.8 Å². The van der Waals surface area contributed by atoms with Crippen molar-refractivity contribution in [2.75, 3.05) is 0 Å². The van der Waals surface area contributed by atoms with Gasteiger partial charge in [-0.25, -0.2) is 4.79 Å². The monoisotopic (exact) mass is 289 g/mol. The molecule has 0 spiro atoms. The third-order valence-corrected chi connectivity index (χ3v) is 3.07. The molecule has 5 heteroatoms. The molecular weight excluding hydrogens is 274 g/mol. The molecule has 1 aromatic rings. The number of hydrogen-bond acceptors (Lipinski definition) is 3. The average Bonchev–Trinajstić information content (AvgIpc) is 2.64. The van der Waals surface area contributed by atoms with E-state index in [1.54, 1.807) is 19.1 Å². The van der Waals surface area contributed by atoms with Crippen molar-refractivity contribution in [1.29, 1.82) is 0 Å². The molecule has 0 amide bonds. The van der Waals surface area contributed by atoms with Crippen molar-refractivity contribution in [3.05, 3.63) is 22.6 Å². The van der Waals surface area contributed by atoms with Crippen LogP contribution in [-0.2, 0) is 10.3 Å². The maximum absolute atomic E-state index is 11.3. The lowest BCUT2D eigenvalue weighted by atomic mass is 9.97. The standard InChI is InChI=1S/C11H16BrNO3/c1-4-7(2)13-11(3,10(14)15)8-5-6-9(12)16-8/h5-7,13H,4H2,1-3H3,(H,14,15). The molecule has 4 nitrogen and oxygen atoms in total. The highest BCUT2D eigenvalue weighted by molar-refractivity contribution is 9.10. The lowest BCUT2D eigenvalue weighted by Crippen LogP contribution is -2.50. The summed E-state index contributed by atoms with van der Waals surface area (Å²) in [6.45, 7) is 5.55. The summed E-state index contributed by atoms with van der Waals surface area (Å²) in [5, 5.41) is 12.4. The molecule has 1 rings (SSSR count). The van der Waals surface area contributed by atoms with Crippen molar-refractivity contribution in [1.82, 2.24) is 5.32 Å². The molecule has 0 radical (unpaired) electrons. The Bertz CT molecular complexity index is 377. The fraction of sp³-hybridized carbons (Fsp3) is 0.545. The van der Waals surface area contributed by atoms with Crippen LogP contribution in [0.1, 0.15) is 33.0 Å². The van der Waals surface area contributed by atoms with E-state index in [2.05, 4.69) is 21.2 Å². The van der Waals surface area contributed by atoms with Gasteiger partial charge in [0.15, 0.2) is 10.2 Å². The van der Waals surface area contributed by atoms with Crippen LogP contribution in [0.25, 0.3) is 0 Å². The number of carboxylic acids is 1. The first-order chi connectivity index (χ1) is 7.40. The van der Waals surface area contributed by atoms with Crippen LogP contribution in [0.2, 0.25) is 0 Å². The molecule has 0 fully saturated rings. The fourth-order valence-electron chi connectivity index (χ4n) is 1.42. The van der Waals surface area contributed by atoms with Gasteiger partial charge in [-0.1, -0.05) is 6.92 Å². The number of hydrogen-bond donors (Lipinski definition) is 2. The SMILES string of the molecule is CCC(C)NC(C)(C(=O)O)c1ccc(Br)o1. The van der Waals surface area contributed by atoms with Crippen LogP contribution in [0.3, 0.4) is 0 Å². The van der Waals surface area contributed by atoms with Gasteiger partial charge in [0, 0.05) is 6.04 Å². The lowest BCUT2D eigenvalue weighted by molar-refractivity contribution is -0.145. The Balaban J connectivity index is 3.01. The Kier molecular flexibility index (Phi) is 4.15. The molecule has 1 heterocycles. The van der Waals surface area contributed by atoms with Gasteiger partial charge in [0.25, 0.3) is 0 Å². The normalized spacial score (nSPS) is 16.8.